The molecule has 0 saturated carbocycles. The highest BCUT2D eigenvalue weighted by Gasteiger charge is 2.28. The fraction of sp³-hybridized carbons (Fsp3) is 0.286. The molecule has 3 rings (SSSR count). The van der Waals surface area contributed by atoms with Gasteiger partial charge >= 0.3 is 0 Å². The van der Waals surface area contributed by atoms with E-state index in [0.29, 0.717) is 5.13 Å². The van der Waals surface area contributed by atoms with Crippen LogP contribution in [-0.2, 0) is 6.42 Å². The number of hydrogen-bond acceptors (Lipinski definition) is 4. The molecule has 19 heavy (non-hydrogen) atoms. The van der Waals surface area contributed by atoms with Gasteiger partial charge in [0, 0.05) is 10.8 Å². The van der Waals surface area contributed by atoms with E-state index in [1.165, 1.54) is 17.4 Å². The van der Waals surface area contributed by atoms with Gasteiger partial charge < -0.3 is 5.73 Å². The van der Waals surface area contributed by atoms with E-state index in [-0.39, 0.29) is 11.5 Å². The Morgan fingerprint density at radius 3 is 3.11 bits per heavy atom. The number of anilines is 1. The zero-order valence-corrected chi connectivity index (χ0v) is 11.0. The average molecular weight is 273 g/mol. The van der Waals surface area contributed by atoms with Crippen LogP contribution in [0.25, 0.3) is 0 Å². The zero-order valence-electron chi connectivity index (χ0n) is 10.2. The van der Waals surface area contributed by atoms with Gasteiger partial charge in [0.1, 0.15) is 11.9 Å². The highest BCUT2D eigenvalue weighted by molar-refractivity contribution is 7.15. The summed E-state index contributed by atoms with van der Waals surface area (Å²) in [5.74, 6) is -0.409. The highest BCUT2D eigenvalue weighted by Crippen LogP contribution is 2.41. The predicted molar refractivity (Wildman–Crippen MR) is 72.4 cm³/mol. The van der Waals surface area contributed by atoms with Crippen molar-refractivity contribution in [2.75, 3.05) is 5.73 Å². The lowest BCUT2D eigenvalue weighted by atomic mass is 9.84. The van der Waals surface area contributed by atoms with E-state index in [4.69, 9.17) is 11.0 Å². The monoisotopic (exact) mass is 273 g/mol. The van der Waals surface area contributed by atoms with Crippen molar-refractivity contribution in [3.8, 4) is 6.07 Å². The third-order valence-corrected chi connectivity index (χ3v) is 4.54. The molecule has 1 heterocycles. The van der Waals surface area contributed by atoms with E-state index in [9.17, 15) is 4.39 Å². The molecule has 0 radical (unpaired) electrons. The van der Waals surface area contributed by atoms with Crippen LogP contribution >= 0.6 is 11.3 Å². The Bertz CT molecular complexity index is 672. The Hall–Kier alpha value is -1.93. The third-order valence-electron chi connectivity index (χ3n) is 3.50. The summed E-state index contributed by atoms with van der Waals surface area (Å²) in [6.07, 6.45) is 2.81. The molecule has 1 aliphatic rings. The van der Waals surface area contributed by atoms with E-state index in [1.54, 1.807) is 6.07 Å². The van der Waals surface area contributed by atoms with Crippen molar-refractivity contribution in [3.63, 3.8) is 0 Å². The second-order valence-corrected chi connectivity index (χ2v) is 5.69. The lowest BCUT2D eigenvalue weighted by Gasteiger charge is -2.22. The second-order valence-electron chi connectivity index (χ2n) is 4.62. The highest BCUT2D eigenvalue weighted by atomic mass is 32.1. The number of nitriles is 1. The van der Waals surface area contributed by atoms with Crippen LogP contribution in [0.15, 0.2) is 18.2 Å². The van der Waals surface area contributed by atoms with Crippen LogP contribution in [0.3, 0.4) is 0 Å². The van der Waals surface area contributed by atoms with Gasteiger partial charge in [0.25, 0.3) is 0 Å². The van der Waals surface area contributed by atoms with E-state index in [0.717, 1.165) is 35.4 Å². The maximum Gasteiger partial charge on any atom is 0.180 e. The third kappa shape index (κ3) is 1.98. The van der Waals surface area contributed by atoms with Crippen LogP contribution in [0.1, 0.15) is 40.5 Å². The summed E-state index contributed by atoms with van der Waals surface area (Å²) in [4.78, 5) is 5.41. The molecule has 1 unspecified atom stereocenters. The molecule has 5 heteroatoms. The molecule has 1 aliphatic carbocycles. The number of rotatable bonds is 1. The van der Waals surface area contributed by atoms with Crippen LogP contribution in [0.4, 0.5) is 9.52 Å². The van der Waals surface area contributed by atoms with Crippen LogP contribution in [0.2, 0.25) is 0 Å². The number of nitrogen functional groups attached to an aromatic ring is 1. The van der Waals surface area contributed by atoms with Crippen molar-refractivity contribution in [3.05, 3.63) is 45.7 Å². The quantitative estimate of drug-likeness (QED) is 0.867. The molecular formula is C14H12FN3S. The normalized spacial score (nSPS) is 17.8. The van der Waals surface area contributed by atoms with Gasteiger partial charge in [0.2, 0.25) is 0 Å². The van der Waals surface area contributed by atoms with E-state index >= 15 is 0 Å². The van der Waals surface area contributed by atoms with Gasteiger partial charge in [0.05, 0.1) is 11.3 Å². The summed E-state index contributed by atoms with van der Waals surface area (Å²) >= 11 is 1.45. The van der Waals surface area contributed by atoms with Gasteiger partial charge in [-0.05, 0) is 30.9 Å². The lowest BCUT2D eigenvalue weighted by Crippen LogP contribution is -2.11. The molecule has 2 aromatic rings. The summed E-state index contributed by atoms with van der Waals surface area (Å²) in [5, 5.41) is 9.70. The minimum absolute atomic E-state index is 0.0453. The van der Waals surface area contributed by atoms with E-state index in [2.05, 4.69) is 4.98 Å². The van der Waals surface area contributed by atoms with E-state index in [1.807, 2.05) is 12.1 Å². The summed E-state index contributed by atoms with van der Waals surface area (Å²) in [6.45, 7) is 0. The fourth-order valence-corrected chi connectivity index (χ4v) is 3.72. The summed E-state index contributed by atoms with van der Waals surface area (Å²) < 4.78 is 13.7. The van der Waals surface area contributed by atoms with Crippen molar-refractivity contribution in [2.45, 2.75) is 25.2 Å². The lowest BCUT2D eigenvalue weighted by molar-refractivity contribution is 0.596. The summed E-state index contributed by atoms with van der Waals surface area (Å²) in [7, 11) is 0. The van der Waals surface area contributed by atoms with Gasteiger partial charge in [-0.25, -0.2) is 9.37 Å². The smallest absolute Gasteiger partial charge is 0.180 e. The van der Waals surface area contributed by atoms with Gasteiger partial charge in [-0.2, -0.15) is 5.26 Å². The number of nitrogens with two attached hydrogens (primary N) is 1. The first-order valence-corrected chi connectivity index (χ1v) is 6.96. The number of aromatic nitrogens is 1. The molecule has 0 fully saturated rings. The van der Waals surface area contributed by atoms with E-state index < -0.39 is 5.82 Å². The number of halogens is 1. The number of benzene rings is 1. The first kappa shape index (κ1) is 12.1. The maximum atomic E-state index is 13.7. The molecule has 2 N–H and O–H groups in total. The first-order chi connectivity index (χ1) is 9.20. The van der Waals surface area contributed by atoms with Gasteiger partial charge in [0.15, 0.2) is 5.13 Å². The molecule has 1 atom stereocenters. The first-order valence-electron chi connectivity index (χ1n) is 6.14. The molecule has 0 amide bonds. The van der Waals surface area contributed by atoms with Crippen LogP contribution in [0, 0.1) is 17.1 Å². The predicted octanol–water partition coefficient (Wildman–Crippen LogP) is 3.20. The molecule has 1 aromatic carbocycles. The van der Waals surface area contributed by atoms with Crippen molar-refractivity contribution in [2.24, 2.45) is 0 Å². The molecule has 0 bridgehead atoms. The molecule has 1 aromatic heterocycles. The Morgan fingerprint density at radius 1 is 1.47 bits per heavy atom. The SMILES string of the molecule is N#Cc1c(F)cccc1C1CCCc2nc(N)sc21. The molecule has 3 nitrogen and oxygen atoms in total. The maximum absolute atomic E-state index is 13.7. The van der Waals surface area contributed by atoms with Crippen LogP contribution in [0.5, 0.6) is 0 Å². The summed E-state index contributed by atoms with van der Waals surface area (Å²) in [6, 6.07) is 6.79. The second kappa shape index (κ2) is 4.63. The van der Waals surface area contributed by atoms with Gasteiger partial charge in [-0.1, -0.05) is 12.1 Å². The minimum Gasteiger partial charge on any atom is -0.375 e. The number of thiazole rings is 1. The summed E-state index contributed by atoms with van der Waals surface area (Å²) in [5.41, 5.74) is 7.68. The van der Waals surface area contributed by atoms with Gasteiger partial charge in [-0.3, -0.25) is 0 Å². The number of aryl methyl sites for hydroxylation is 1. The number of fused-ring (bicyclic) bond motifs is 1. The van der Waals surface area contributed by atoms with Crippen molar-refractivity contribution in [1.82, 2.24) is 4.98 Å². The fourth-order valence-electron chi connectivity index (χ4n) is 2.68. The molecule has 0 spiro atoms. The van der Waals surface area contributed by atoms with Gasteiger partial charge in [-0.15, -0.1) is 11.3 Å². The van der Waals surface area contributed by atoms with Crippen LogP contribution < -0.4 is 5.73 Å². The largest absolute Gasteiger partial charge is 0.375 e. The zero-order chi connectivity index (χ0) is 13.4. The minimum atomic E-state index is -0.454. The molecule has 0 aliphatic heterocycles. The van der Waals surface area contributed by atoms with Crippen molar-refractivity contribution < 1.29 is 4.39 Å². The Labute approximate surface area is 114 Å². The number of hydrogen-bond donors (Lipinski definition) is 1. The standard InChI is InChI=1S/C14H12FN3S/c15-11-5-1-3-8(10(11)7-16)9-4-2-6-12-13(9)19-14(17)18-12/h1,3,5,9H,2,4,6H2,(H2,17,18). The van der Waals surface area contributed by atoms with Crippen molar-refractivity contribution >= 4 is 16.5 Å². The molecule has 0 saturated heterocycles. The Morgan fingerprint density at radius 2 is 2.32 bits per heavy atom. The molecular weight excluding hydrogens is 261 g/mol. The average Bonchev–Trinajstić information content (AvgIpc) is 2.78. The molecule has 96 valence electrons. The Kier molecular flexibility index (Phi) is 2.96. The topological polar surface area (TPSA) is 62.7 Å². The van der Waals surface area contributed by atoms with Crippen LogP contribution in [-0.4, -0.2) is 4.98 Å². The number of nitrogens with zero attached hydrogens (tertiary/aromatic N) is 2. The Balaban J connectivity index is 2.14. The van der Waals surface area contributed by atoms with Crippen molar-refractivity contribution in [1.29, 1.82) is 5.26 Å².